The molecule has 2 rings (SSSR count). The van der Waals surface area contributed by atoms with Gasteiger partial charge in [-0.05, 0) is 40.0 Å². The number of halogens is 1. The summed E-state index contributed by atoms with van der Waals surface area (Å²) in [5.41, 5.74) is 2.11. The predicted octanol–water partition coefficient (Wildman–Crippen LogP) is 2.17. The van der Waals surface area contributed by atoms with Crippen LogP contribution in [0.4, 0.5) is 5.69 Å². The van der Waals surface area contributed by atoms with E-state index in [1.165, 1.54) is 5.69 Å². The van der Waals surface area contributed by atoms with E-state index in [2.05, 4.69) is 20.8 Å². The Kier molecular flexibility index (Phi) is 3.84. The molecule has 0 aliphatic carbocycles. The number of hydrogen-bond acceptors (Lipinski definition) is 3. The van der Waals surface area contributed by atoms with Gasteiger partial charge in [-0.25, -0.2) is 0 Å². The monoisotopic (exact) mass is 285 g/mol. The molecule has 1 aromatic rings. The quantitative estimate of drug-likeness (QED) is 0.924. The van der Waals surface area contributed by atoms with Gasteiger partial charge in [0.05, 0.1) is 18.4 Å². The molecule has 1 heterocycles. The van der Waals surface area contributed by atoms with Crippen molar-refractivity contribution in [2.75, 3.05) is 25.1 Å². The van der Waals surface area contributed by atoms with E-state index in [0.29, 0.717) is 6.10 Å². The lowest BCUT2D eigenvalue weighted by atomic mass is 10.2. The highest BCUT2D eigenvalue weighted by atomic mass is 79.9. The van der Waals surface area contributed by atoms with Gasteiger partial charge in [0.25, 0.3) is 0 Å². The standard InChI is InChI=1S/C12H16BrNO2/c1-16-10-4-5-14(7-10)12-3-2-9(8-15)6-11(12)13/h2-3,6,10,15H,4-5,7-8H2,1H3. The molecule has 0 bridgehead atoms. The fourth-order valence-corrected chi connectivity index (χ4v) is 2.72. The van der Waals surface area contributed by atoms with Crippen LogP contribution in [0.25, 0.3) is 0 Å². The third-order valence-corrected chi connectivity index (χ3v) is 3.65. The van der Waals surface area contributed by atoms with Gasteiger partial charge in [-0.15, -0.1) is 0 Å². The zero-order chi connectivity index (χ0) is 11.5. The SMILES string of the molecule is COC1CCN(c2ccc(CO)cc2Br)C1. The highest BCUT2D eigenvalue weighted by Gasteiger charge is 2.23. The zero-order valence-corrected chi connectivity index (χ0v) is 10.9. The van der Waals surface area contributed by atoms with E-state index in [9.17, 15) is 0 Å². The Balaban J connectivity index is 2.15. The van der Waals surface area contributed by atoms with E-state index in [-0.39, 0.29) is 6.61 Å². The molecule has 4 heteroatoms. The minimum atomic E-state index is 0.0829. The molecule has 1 aliphatic rings. The van der Waals surface area contributed by atoms with Crippen LogP contribution in [0.3, 0.4) is 0 Å². The maximum absolute atomic E-state index is 9.04. The van der Waals surface area contributed by atoms with Crippen molar-refractivity contribution in [3.05, 3.63) is 28.2 Å². The summed E-state index contributed by atoms with van der Waals surface area (Å²) in [5, 5.41) is 9.04. The maximum atomic E-state index is 9.04. The number of ether oxygens (including phenoxy) is 1. The van der Waals surface area contributed by atoms with Crippen LogP contribution in [0.1, 0.15) is 12.0 Å². The summed E-state index contributed by atoms with van der Waals surface area (Å²) < 4.78 is 6.39. The summed E-state index contributed by atoms with van der Waals surface area (Å²) >= 11 is 3.55. The second-order valence-corrected chi connectivity index (χ2v) is 4.89. The van der Waals surface area contributed by atoms with E-state index < -0.39 is 0 Å². The van der Waals surface area contributed by atoms with Crippen molar-refractivity contribution >= 4 is 21.6 Å². The highest BCUT2D eigenvalue weighted by Crippen LogP contribution is 2.30. The van der Waals surface area contributed by atoms with Gasteiger partial charge < -0.3 is 14.7 Å². The summed E-state index contributed by atoms with van der Waals surface area (Å²) in [6, 6.07) is 5.98. The Bertz CT molecular complexity index is 370. The summed E-state index contributed by atoms with van der Waals surface area (Å²) in [6.07, 6.45) is 1.41. The fourth-order valence-electron chi connectivity index (χ4n) is 2.04. The van der Waals surface area contributed by atoms with Gasteiger partial charge in [-0.3, -0.25) is 0 Å². The topological polar surface area (TPSA) is 32.7 Å². The van der Waals surface area contributed by atoms with Crippen LogP contribution < -0.4 is 4.90 Å². The molecule has 1 aliphatic heterocycles. The Morgan fingerprint density at radius 3 is 2.94 bits per heavy atom. The van der Waals surface area contributed by atoms with Crippen LogP contribution in [-0.2, 0) is 11.3 Å². The molecule has 0 aromatic heterocycles. The lowest BCUT2D eigenvalue weighted by Crippen LogP contribution is -2.22. The highest BCUT2D eigenvalue weighted by molar-refractivity contribution is 9.10. The number of anilines is 1. The molecule has 1 saturated heterocycles. The Labute approximate surface area is 104 Å². The smallest absolute Gasteiger partial charge is 0.0762 e. The molecule has 88 valence electrons. The average molecular weight is 286 g/mol. The number of hydrogen-bond donors (Lipinski definition) is 1. The molecule has 1 aromatic carbocycles. The van der Waals surface area contributed by atoms with Crippen LogP contribution in [-0.4, -0.2) is 31.4 Å². The summed E-state index contributed by atoms with van der Waals surface area (Å²) in [5.74, 6) is 0. The average Bonchev–Trinajstić information content (AvgIpc) is 2.77. The second-order valence-electron chi connectivity index (χ2n) is 4.04. The number of benzene rings is 1. The zero-order valence-electron chi connectivity index (χ0n) is 9.32. The van der Waals surface area contributed by atoms with E-state index >= 15 is 0 Å². The molecule has 1 unspecified atom stereocenters. The first kappa shape index (κ1) is 11.9. The summed E-state index contributed by atoms with van der Waals surface area (Å²) in [4.78, 5) is 2.30. The normalized spacial score (nSPS) is 20.4. The van der Waals surface area contributed by atoms with Crippen LogP contribution in [0, 0.1) is 0 Å². The molecule has 0 saturated carbocycles. The lowest BCUT2D eigenvalue weighted by molar-refractivity contribution is 0.121. The molecule has 1 atom stereocenters. The van der Waals surface area contributed by atoms with Crippen molar-refractivity contribution in [1.82, 2.24) is 0 Å². The number of aliphatic hydroxyl groups excluding tert-OH is 1. The van der Waals surface area contributed by atoms with Crippen LogP contribution in [0.2, 0.25) is 0 Å². The first-order valence-corrected chi connectivity index (χ1v) is 6.21. The second kappa shape index (κ2) is 5.17. The molecule has 0 radical (unpaired) electrons. The fraction of sp³-hybridized carbons (Fsp3) is 0.500. The Morgan fingerprint density at radius 1 is 1.56 bits per heavy atom. The van der Waals surface area contributed by atoms with Crippen molar-refractivity contribution in [1.29, 1.82) is 0 Å². The van der Waals surface area contributed by atoms with Gasteiger partial charge in [-0.1, -0.05) is 6.07 Å². The number of rotatable bonds is 3. The first-order chi connectivity index (χ1) is 7.74. The molecule has 1 N–H and O–H groups in total. The van der Waals surface area contributed by atoms with Crippen molar-refractivity contribution in [2.45, 2.75) is 19.1 Å². The molecule has 1 fully saturated rings. The summed E-state index contributed by atoms with van der Waals surface area (Å²) in [7, 11) is 1.76. The molecule has 0 spiro atoms. The number of aliphatic hydroxyl groups is 1. The molecular weight excluding hydrogens is 270 g/mol. The van der Waals surface area contributed by atoms with E-state index in [0.717, 1.165) is 29.5 Å². The van der Waals surface area contributed by atoms with Gasteiger partial charge in [0.2, 0.25) is 0 Å². The minimum Gasteiger partial charge on any atom is -0.392 e. The van der Waals surface area contributed by atoms with Crippen molar-refractivity contribution in [3.8, 4) is 0 Å². The molecule has 3 nitrogen and oxygen atoms in total. The number of methoxy groups -OCH3 is 1. The molecule has 16 heavy (non-hydrogen) atoms. The van der Waals surface area contributed by atoms with E-state index in [4.69, 9.17) is 9.84 Å². The third kappa shape index (κ3) is 2.39. The summed E-state index contributed by atoms with van der Waals surface area (Å²) in [6.45, 7) is 2.04. The van der Waals surface area contributed by atoms with Crippen LogP contribution >= 0.6 is 15.9 Å². The van der Waals surface area contributed by atoms with Gasteiger partial charge in [-0.2, -0.15) is 0 Å². The number of nitrogens with zero attached hydrogens (tertiary/aromatic N) is 1. The van der Waals surface area contributed by atoms with Gasteiger partial charge >= 0.3 is 0 Å². The molecular formula is C12H16BrNO2. The lowest BCUT2D eigenvalue weighted by Gasteiger charge is -2.20. The van der Waals surface area contributed by atoms with Crippen molar-refractivity contribution in [2.24, 2.45) is 0 Å². The maximum Gasteiger partial charge on any atom is 0.0762 e. The van der Waals surface area contributed by atoms with Gasteiger partial charge in [0.15, 0.2) is 0 Å². The van der Waals surface area contributed by atoms with Gasteiger partial charge in [0, 0.05) is 24.7 Å². The van der Waals surface area contributed by atoms with Gasteiger partial charge in [0.1, 0.15) is 0 Å². The van der Waals surface area contributed by atoms with Crippen molar-refractivity contribution < 1.29 is 9.84 Å². The third-order valence-electron chi connectivity index (χ3n) is 3.01. The molecule has 0 amide bonds. The predicted molar refractivity (Wildman–Crippen MR) is 67.7 cm³/mol. The minimum absolute atomic E-state index is 0.0829. The van der Waals surface area contributed by atoms with Crippen LogP contribution in [0.15, 0.2) is 22.7 Å². The Morgan fingerprint density at radius 2 is 2.38 bits per heavy atom. The first-order valence-electron chi connectivity index (χ1n) is 5.41. The Hall–Kier alpha value is -0.580. The largest absolute Gasteiger partial charge is 0.392 e. The van der Waals surface area contributed by atoms with Crippen molar-refractivity contribution in [3.63, 3.8) is 0 Å². The van der Waals surface area contributed by atoms with E-state index in [1.807, 2.05) is 18.2 Å². The van der Waals surface area contributed by atoms with E-state index in [1.54, 1.807) is 7.11 Å². The van der Waals surface area contributed by atoms with Crippen LogP contribution in [0.5, 0.6) is 0 Å².